The number of hydrogen-bond acceptors (Lipinski definition) is 3. The minimum atomic E-state index is -4.49. The Bertz CT molecular complexity index is 613. The first-order valence-corrected chi connectivity index (χ1v) is 6.16. The summed E-state index contributed by atoms with van der Waals surface area (Å²) >= 11 is 2.83. The largest absolute Gasteiger partial charge is 0.417 e. The van der Waals surface area contributed by atoms with E-state index in [9.17, 15) is 18.0 Å². The van der Waals surface area contributed by atoms with Crippen molar-refractivity contribution in [1.82, 2.24) is 15.0 Å². The van der Waals surface area contributed by atoms with Crippen molar-refractivity contribution < 1.29 is 18.0 Å². The van der Waals surface area contributed by atoms with Gasteiger partial charge in [0.2, 0.25) is 5.91 Å². The molecular formula is C11H8BrF3N4O. The van der Waals surface area contributed by atoms with Gasteiger partial charge < -0.3 is 5.32 Å². The molecule has 0 atom stereocenters. The summed E-state index contributed by atoms with van der Waals surface area (Å²) in [5.41, 5.74) is -0.790. The average molecular weight is 349 g/mol. The van der Waals surface area contributed by atoms with Gasteiger partial charge in [0, 0.05) is 16.4 Å². The highest BCUT2D eigenvalue weighted by Gasteiger charge is 2.33. The predicted molar refractivity (Wildman–Crippen MR) is 67.8 cm³/mol. The van der Waals surface area contributed by atoms with Crippen LogP contribution in [-0.4, -0.2) is 20.9 Å². The number of carbonyl (C=O) groups is 1. The molecule has 0 aliphatic rings. The van der Waals surface area contributed by atoms with Crippen LogP contribution in [0.25, 0.3) is 0 Å². The molecule has 9 heteroatoms. The molecule has 1 aromatic carbocycles. The quantitative estimate of drug-likeness (QED) is 0.927. The molecule has 0 saturated heterocycles. The minimum absolute atomic E-state index is 0.0608. The number of nitrogens with zero attached hydrogens (tertiary/aromatic N) is 3. The Labute approximate surface area is 119 Å². The molecule has 106 valence electrons. The van der Waals surface area contributed by atoms with Crippen LogP contribution < -0.4 is 5.32 Å². The lowest BCUT2D eigenvalue weighted by molar-refractivity contribution is -0.138. The van der Waals surface area contributed by atoms with E-state index in [0.717, 1.165) is 6.07 Å². The molecule has 0 spiro atoms. The van der Waals surface area contributed by atoms with Crippen molar-refractivity contribution >= 4 is 27.5 Å². The fourth-order valence-electron chi connectivity index (χ4n) is 1.48. The van der Waals surface area contributed by atoms with Gasteiger partial charge in [-0.05, 0) is 18.2 Å². The van der Waals surface area contributed by atoms with Crippen molar-refractivity contribution in [2.24, 2.45) is 0 Å². The van der Waals surface area contributed by atoms with Crippen molar-refractivity contribution in [2.45, 2.75) is 12.7 Å². The average Bonchev–Trinajstić information content (AvgIpc) is 2.83. The lowest BCUT2D eigenvalue weighted by Gasteiger charge is -2.12. The van der Waals surface area contributed by atoms with E-state index in [-0.39, 0.29) is 16.7 Å². The molecule has 1 heterocycles. The third-order valence-electron chi connectivity index (χ3n) is 2.33. The zero-order valence-electron chi connectivity index (χ0n) is 9.86. The van der Waals surface area contributed by atoms with Crippen LogP contribution in [0.5, 0.6) is 0 Å². The van der Waals surface area contributed by atoms with Gasteiger partial charge in [-0.15, -0.1) is 5.10 Å². The van der Waals surface area contributed by atoms with E-state index in [1.165, 1.54) is 29.2 Å². The maximum atomic E-state index is 12.7. The Hall–Kier alpha value is -1.90. The second-order valence-electron chi connectivity index (χ2n) is 3.84. The summed E-state index contributed by atoms with van der Waals surface area (Å²) in [5, 5.41) is 9.48. The second-order valence-corrected chi connectivity index (χ2v) is 4.70. The predicted octanol–water partition coefficient (Wildman–Crippen LogP) is 2.70. The summed E-state index contributed by atoms with van der Waals surface area (Å²) < 4.78 is 39.3. The minimum Gasteiger partial charge on any atom is -0.324 e. The molecule has 1 N–H and O–H groups in total. The van der Waals surface area contributed by atoms with E-state index in [2.05, 4.69) is 31.6 Å². The van der Waals surface area contributed by atoms with Gasteiger partial charge in [-0.25, -0.2) is 4.68 Å². The molecular weight excluding hydrogens is 341 g/mol. The topological polar surface area (TPSA) is 59.8 Å². The van der Waals surface area contributed by atoms with Gasteiger partial charge in [-0.2, -0.15) is 13.2 Å². The third-order valence-corrected chi connectivity index (χ3v) is 3.02. The lowest BCUT2D eigenvalue weighted by Crippen LogP contribution is -2.19. The number of aromatic nitrogens is 3. The molecule has 2 aromatic rings. The molecule has 0 aliphatic heterocycles. The normalized spacial score (nSPS) is 11.4. The van der Waals surface area contributed by atoms with Crippen molar-refractivity contribution in [2.75, 3.05) is 5.32 Å². The second kappa shape index (κ2) is 5.61. The number of halogens is 4. The summed E-state index contributed by atoms with van der Waals surface area (Å²) in [4.78, 5) is 11.6. The summed E-state index contributed by atoms with van der Waals surface area (Å²) in [6, 6.07) is 3.47. The molecule has 0 saturated carbocycles. The monoisotopic (exact) mass is 348 g/mol. The van der Waals surface area contributed by atoms with E-state index < -0.39 is 17.6 Å². The maximum absolute atomic E-state index is 12.7. The van der Waals surface area contributed by atoms with Gasteiger partial charge >= 0.3 is 6.18 Å². The van der Waals surface area contributed by atoms with E-state index in [0.29, 0.717) is 0 Å². The van der Waals surface area contributed by atoms with Crippen LogP contribution in [-0.2, 0) is 17.5 Å². The third kappa shape index (κ3) is 3.56. The first-order valence-electron chi connectivity index (χ1n) is 5.37. The Balaban J connectivity index is 2.12. The molecule has 0 bridgehead atoms. The maximum Gasteiger partial charge on any atom is 0.417 e. The van der Waals surface area contributed by atoms with Crippen LogP contribution >= 0.6 is 15.9 Å². The van der Waals surface area contributed by atoms with Gasteiger partial charge in [0.15, 0.2) is 0 Å². The molecule has 1 amide bonds. The van der Waals surface area contributed by atoms with E-state index in [1.807, 2.05) is 0 Å². The van der Waals surface area contributed by atoms with Crippen molar-refractivity contribution in [1.29, 1.82) is 0 Å². The first-order chi connectivity index (χ1) is 9.36. The molecule has 0 aliphatic carbocycles. The molecule has 1 aromatic heterocycles. The highest BCUT2D eigenvalue weighted by Crippen LogP contribution is 2.36. The Morgan fingerprint density at radius 3 is 2.75 bits per heavy atom. The highest BCUT2D eigenvalue weighted by molar-refractivity contribution is 9.10. The SMILES string of the molecule is O=C(Cn1ccnn1)Nc1ccc(Br)c(C(F)(F)F)c1. The number of amides is 1. The van der Waals surface area contributed by atoms with E-state index >= 15 is 0 Å². The summed E-state index contributed by atoms with van der Waals surface area (Å²) in [7, 11) is 0. The van der Waals surface area contributed by atoms with Gasteiger partial charge in [0.05, 0.1) is 11.8 Å². The van der Waals surface area contributed by atoms with Crippen LogP contribution in [0.15, 0.2) is 35.1 Å². The fourth-order valence-corrected chi connectivity index (χ4v) is 1.96. The molecule has 2 rings (SSSR count). The number of anilines is 1. The summed E-state index contributed by atoms with van der Waals surface area (Å²) in [6.07, 6.45) is -1.62. The molecule has 0 radical (unpaired) electrons. The fraction of sp³-hybridized carbons (Fsp3) is 0.182. The Morgan fingerprint density at radius 2 is 2.15 bits per heavy atom. The van der Waals surface area contributed by atoms with Crippen LogP contribution in [0.2, 0.25) is 0 Å². The Kier molecular flexibility index (Phi) is 4.07. The molecule has 0 fully saturated rings. The lowest BCUT2D eigenvalue weighted by atomic mass is 10.2. The summed E-state index contributed by atoms with van der Waals surface area (Å²) in [5.74, 6) is -0.494. The molecule has 5 nitrogen and oxygen atoms in total. The summed E-state index contributed by atoms with van der Waals surface area (Å²) in [6.45, 7) is -0.128. The van der Waals surface area contributed by atoms with Crippen molar-refractivity contribution in [3.05, 3.63) is 40.6 Å². The molecule has 20 heavy (non-hydrogen) atoms. The van der Waals surface area contributed by atoms with Crippen LogP contribution in [0, 0.1) is 0 Å². The Morgan fingerprint density at radius 1 is 1.40 bits per heavy atom. The number of rotatable bonds is 3. The van der Waals surface area contributed by atoms with Crippen LogP contribution in [0.3, 0.4) is 0 Å². The zero-order chi connectivity index (χ0) is 14.8. The first kappa shape index (κ1) is 14.5. The van der Waals surface area contributed by atoms with E-state index in [1.54, 1.807) is 0 Å². The zero-order valence-corrected chi connectivity index (χ0v) is 11.4. The van der Waals surface area contributed by atoms with Crippen molar-refractivity contribution in [3.8, 4) is 0 Å². The number of carbonyl (C=O) groups excluding carboxylic acids is 1. The molecule has 0 unspecified atom stereocenters. The van der Waals surface area contributed by atoms with Crippen LogP contribution in [0.1, 0.15) is 5.56 Å². The number of alkyl halides is 3. The standard InChI is InChI=1S/C11H8BrF3N4O/c12-9-2-1-7(5-8(9)11(13,14)15)17-10(20)6-19-4-3-16-18-19/h1-5H,6H2,(H,17,20). The number of nitrogens with one attached hydrogen (secondary N) is 1. The highest BCUT2D eigenvalue weighted by atomic mass is 79.9. The smallest absolute Gasteiger partial charge is 0.324 e. The van der Waals surface area contributed by atoms with Crippen molar-refractivity contribution in [3.63, 3.8) is 0 Å². The van der Waals surface area contributed by atoms with Gasteiger partial charge in [0.1, 0.15) is 6.54 Å². The van der Waals surface area contributed by atoms with Crippen LogP contribution in [0.4, 0.5) is 18.9 Å². The van der Waals surface area contributed by atoms with Gasteiger partial charge in [-0.1, -0.05) is 21.1 Å². The number of benzene rings is 1. The van der Waals surface area contributed by atoms with Gasteiger partial charge in [0.25, 0.3) is 0 Å². The number of hydrogen-bond donors (Lipinski definition) is 1. The van der Waals surface area contributed by atoms with E-state index in [4.69, 9.17) is 0 Å². The van der Waals surface area contributed by atoms with Gasteiger partial charge in [-0.3, -0.25) is 4.79 Å².